The summed E-state index contributed by atoms with van der Waals surface area (Å²) in [6.45, 7) is 0. The topological polar surface area (TPSA) is 144 Å². The molecule has 198 valence electrons. The number of carbonyl (C=O) groups is 3. The summed E-state index contributed by atoms with van der Waals surface area (Å²) in [5.41, 5.74) is 7.23. The zero-order chi connectivity index (χ0) is 27.7. The summed E-state index contributed by atoms with van der Waals surface area (Å²) in [6.07, 6.45) is 2.22. The van der Waals surface area contributed by atoms with Crippen molar-refractivity contribution in [1.29, 1.82) is 0 Å². The molecule has 10 nitrogen and oxygen atoms in total. The Morgan fingerprint density at radius 2 is 1.64 bits per heavy atom. The van der Waals surface area contributed by atoms with Gasteiger partial charge in [-0.2, -0.15) is 0 Å². The van der Waals surface area contributed by atoms with Crippen LogP contribution in [-0.4, -0.2) is 35.0 Å². The first-order valence-corrected chi connectivity index (χ1v) is 11.9. The molecule has 4 aromatic rings. The van der Waals surface area contributed by atoms with E-state index in [1.807, 2.05) is 0 Å². The molecule has 0 unspecified atom stereocenters. The molecule has 1 aliphatic carbocycles. The summed E-state index contributed by atoms with van der Waals surface area (Å²) >= 11 is 0. The van der Waals surface area contributed by atoms with Crippen LogP contribution in [0.2, 0.25) is 0 Å². The minimum absolute atomic E-state index is 0.0811. The fraction of sp³-hybridized carbons (Fsp3) is 0.143. The molecule has 4 N–H and O–H groups in total. The number of nitrogens with two attached hydrogens (primary N) is 1. The van der Waals surface area contributed by atoms with Crippen LogP contribution in [0.25, 0.3) is 10.9 Å². The number of hydrogen-bond acceptors (Lipinski definition) is 7. The summed E-state index contributed by atoms with van der Waals surface area (Å²) in [6, 6.07) is 16.5. The first-order chi connectivity index (χ1) is 18.8. The lowest BCUT2D eigenvalue weighted by atomic mass is 10.0. The molecule has 3 amide bonds. The minimum atomic E-state index is -1.29. The SMILES string of the molecule is COc1cc2nccc(Oc3ccc(N(C(=O)C4(C(N)=O)CC4)c4ccc(F)cc4)cc3)c2cc1C(=O)NO. The molecule has 0 radical (unpaired) electrons. The van der Waals surface area contributed by atoms with E-state index < -0.39 is 29.0 Å². The minimum Gasteiger partial charge on any atom is -0.496 e. The van der Waals surface area contributed by atoms with Gasteiger partial charge >= 0.3 is 0 Å². The number of methoxy groups -OCH3 is 1. The van der Waals surface area contributed by atoms with Gasteiger partial charge in [0.15, 0.2) is 0 Å². The second-order valence-electron chi connectivity index (χ2n) is 8.98. The van der Waals surface area contributed by atoms with Crippen LogP contribution < -0.4 is 25.6 Å². The van der Waals surface area contributed by atoms with Gasteiger partial charge in [-0.05, 0) is 73.5 Å². The number of pyridine rings is 1. The monoisotopic (exact) mass is 530 g/mol. The van der Waals surface area contributed by atoms with Crippen molar-refractivity contribution in [3.05, 3.63) is 84.3 Å². The Bertz CT molecular complexity index is 1590. The molecule has 39 heavy (non-hydrogen) atoms. The van der Waals surface area contributed by atoms with Crippen molar-refractivity contribution in [3.8, 4) is 17.2 Å². The van der Waals surface area contributed by atoms with E-state index in [0.29, 0.717) is 46.6 Å². The number of halogens is 1. The van der Waals surface area contributed by atoms with Gasteiger partial charge in [-0.1, -0.05) is 0 Å². The van der Waals surface area contributed by atoms with Gasteiger partial charge in [-0.3, -0.25) is 29.5 Å². The second-order valence-corrected chi connectivity index (χ2v) is 8.98. The Balaban J connectivity index is 1.49. The zero-order valence-corrected chi connectivity index (χ0v) is 20.7. The van der Waals surface area contributed by atoms with Gasteiger partial charge in [0, 0.05) is 29.0 Å². The summed E-state index contributed by atoms with van der Waals surface area (Å²) in [5, 5.41) is 9.59. The number of carbonyl (C=O) groups excluding carboxylic acids is 3. The molecular formula is C28H23FN4O6. The molecule has 11 heteroatoms. The number of rotatable bonds is 8. The van der Waals surface area contributed by atoms with Crippen molar-refractivity contribution in [1.82, 2.24) is 10.5 Å². The van der Waals surface area contributed by atoms with E-state index in [9.17, 15) is 18.8 Å². The summed E-state index contributed by atoms with van der Waals surface area (Å²) < 4.78 is 24.9. The van der Waals surface area contributed by atoms with Crippen molar-refractivity contribution in [2.24, 2.45) is 11.1 Å². The maximum Gasteiger partial charge on any atom is 0.278 e. The Morgan fingerprint density at radius 1 is 1.00 bits per heavy atom. The third kappa shape index (κ3) is 4.71. The van der Waals surface area contributed by atoms with Crippen LogP contribution in [-0.2, 0) is 9.59 Å². The average Bonchev–Trinajstić information content (AvgIpc) is 3.77. The number of nitrogens with zero attached hydrogens (tertiary/aromatic N) is 2. The molecule has 1 saturated carbocycles. The van der Waals surface area contributed by atoms with Gasteiger partial charge in [0.05, 0.1) is 18.2 Å². The molecule has 0 atom stereocenters. The van der Waals surface area contributed by atoms with Crippen molar-refractivity contribution in [3.63, 3.8) is 0 Å². The number of primary amides is 1. The molecule has 5 rings (SSSR count). The second kappa shape index (κ2) is 10.0. The third-order valence-corrected chi connectivity index (χ3v) is 6.61. The molecule has 0 bridgehead atoms. The summed E-state index contributed by atoms with van der Waals surface area (Å²) in [5.74, 6) is -1.42. The first kappa shape index (κ1) is 25.6. The molecule has 3 aromatic carbocycles. The number of hydrogen-bond donors (Lipinski definition) is 3. The van der Waals surface area contributed by atoms with Gasteiger partial charge in [0.25, 0.3) is 5.91 Å². The number of amides is 3. The Morgan fingerprint density at radius 3 is 2.21 bits per heavy atom. The van der Waals surface area contributed by atoms with E-state index in [4.69, 9.17) is 20.4 Å². The van der Waals surface area contributed by atoms with Gasteiger partial charge in [0.1, 0.15) is 28.5 Å². The highest BCUT2D eigenvalue weighted by molar-refractivity contribution is 6.16. The summed E-state index contributed by atoms with van der Waals surface area (Å²) in [4.78, 5) is 43.3. The van der Waals surface area contributed by atoms with E-state index in [-0.39, 0.29) is 11.3 Å². The van der Waals surface area contributed by atoms with Crippen LogP contribution in [0.5, 0.6) is 17.2 Å². The third-order valence-electron chi connectivity index (χ3n) is 6.61. The number of anilines is 2. The lowest BCUT2D eigenvalue weighted by molar-refractivity contribution is -0.133. The number of benzene rings is 3. The van der Waals surface area contributed by atoms with Crippen molar-refractivity contribution in [2.75, 3.05) is 12.0 Å². The van der Waals surface area contributed by atoms with Crippen LogP contribution in [0.15, 0.2) is 72.9 Å². The lowest BCUT2D eigenvalue weighted by Crippen LogP contribution is -2.41. The van der Waals surface area contributed by atoms with Crippen LogP contribution in [0.1, 0.15) is 23.2 Å². The van der Waals surface area contributed by atoms with Crippen LogP contribution in [0.4, 0.5) is 15.8 Å². The smallest absolute Gasteiger partial charge is 0.278 e. The molecule has 1 aliphatic rings. The molecule has 0 aliphatic heterocycles. The van der Waals surface area contributed by atoms with Gasteiger partial charge in [-0.15, -0.1) is 0 Å². The fourth-order valence-electron chi connectivity index (χ4n) is 4.31. The van der Waals surface area contributed by atoms with Crippen molar-refractivity contribution >= 4 is 40.0 Å². The fourth-order valence-corrected chi connectivity index (χ4v) is 4.31. The number of fused-ring (bicyclic) bond motifs is 1. The van der Waals surface area contributed by atoms with E-state index in [0.717, 1.165) is 0 Å². The number of nitrogens with one attached hydrogen (secondary N) is 1. The maximum atomic E-state index is 13.6. The molecule has 1 fully saturated rings. The van der Waals surface area contributed by atoms with Crippen LogP contribution in [0.3, 0.4) is 0 Å². The van der Waals surface area contributed by atoms with Crippen molar-refractivity contribution in [2.45, 2.75) is 12.8 Å². The Kier molecular flexibility index (Phi) is 6.59. The lowest BCUT2D eigenvalue weighted by Gasteiger charge is -2.26. The van der Waals surface area contributed by atoms with E-state index in [2.05, 4.69) is 4.98 Å². The standard InChI is InChI=1S/C28H23FN4O6/c1-38-24-15-22-20(14-21(24)25(34)32-37)23(10-13-31-22)39-19-8-6-18(7-9-19)33(17-4-2-16(29)3-5-17)27(36)28(11-12-28)26(30)35/h2-10,13-15,37H,11-12H2,1H3,(H2,30,35)(H,32,34). The molecule has 0 spiro atoms. The van der Waals surface area contributed by atoms with E-state index in [1.165, 1.54) is 48.5 Å². The quantitative estimate of drug-likeness (QED) is 0.176. The predicted octanol–water partition coefficient (Wildman–Crippen LogP) is 4.22. The van der Waals surface area contributed by atoms with Crippen LogP contribution >= 0.6 is 0 Å². The predicted molar refractivity (Wildman–Crippen MR) is 138 cm³/mol. The normalized spacial score (nSPS) is 13.4. The molecular weight excluding hydrogens is 507 g/mol. The highest BCUT2D eigenvalue weighted by Gasteiger charge is 2.57. The molecule has 1 aromatic heterocycles. The van der Waals surface area contributed by atoms with E-state index in [1.54, 1.807) is 41.9 Å². The number of aromatic nitrogens is 1. The maximum absolute atomic E-state index is 13.6. The van der Waals surface area contributed by atoms with Crippen molar-refractivity contribution < 1.29 is 33.5 Å². The highest BCUT2D eigenvalue weighted by atomic mass is 19.1. The first-order valence-electron chi connectivity index (χ1n) is 11.9. The van der Waals surface area contributed by atoms with Gasteiger partial charge in [0.2, 0.25) is 11.8 Å². The largest absolute Gasteiger partial charge is 0.496 e. The average molecular weight is 531 g/mol. The Labute approximate surface area is 221 Å². The van der Waals surface area contributed by atoms with Crippen LogP contribution in [0, 0.1) is 11.2 Å². The number of hydroxylamine groups is 1. The molecule has 1 heterocycles. The van der Waals surface area contributed by atoms with E-state index >= 15 is 0 Å². The zero-order valence-electron chi connectivity index (χ0n) is 20.7. The highest BCUT2D eigenvalue weighted by Crippen LogP contribution is 2.49. The van der Waals surface area contributed by atoms with Gasteiger partial charge < -0.3 is 15.2 Å². The molecule has 0 saturated heterocycles. The Hall–Kier alpha value is -5.03. The summed E-state index contributed by atoms with van der Waals surface area (Å²) in [7, 11) is 1.39. The number of ether oxygens (including phenoxy) is 2. The van der Waals surface area contributed by atoms with Gasteiger partial charge in [-0.25, -0.2) is 9.87 Å².